The second-order valence-corrected chi connectivity index (χ2v) is 4.18. The Morgan fingerprint density at radius 3 is 3.19 bits per heavy atom. The Bertz CT molecular complexity index is 385. The zero-order valence-corrected chi connectivity index (χ0v) is 9.83. The monoisotopic (exact) mass is 243 g/mol. The number of aryl methyl sites for hydroxylation is 1. The van der Waals surface area contributed by atoms with Crippen molar-refractivity contribution in [2.75, 3.05) is 13.2 Å². The number of ether oxygens (including phenoxy) is 1. The van der Waals surface area contributed by atoms with Crippen LogP contribution in [-0.4, -0.2) is 34.9 Å². The van der Waals surface area contributed by atoms with Gasteiger partial charge in [0.25, 0.3) is 5.91 Å². The fourth-order valence-corrected chi connectivity index (χ4v) is 1.86. The van der Waals surface area contributed by atoms with Crippen LogP contribution in [0.5, 0.6) is 0 Å². The minimum absolute atomic E-state index is 0.138. The van der Waals surface area contributed by atoms with E-state index < -0.39 is 0 Å². The summed E-state index contributed by atoms with van der Waals surface area (Å²) < 4.78 is 6.87. The molecule has 16 heavy (non-hydrogen) atoms. The van der Waals surface area contributed by atoms with E-state index in [2.05, 4.69) is 10.4 Å². The molecule has 1 aromatic rings. The van der Waals surface area contributed by atoms with Crippen molar-refractivity contribution >= 4 is 17.5 Å². The standard InChI is InChI=1S/C10H14ClN3O2/c1-14-9(11)8(6-13-14)10(15)12-5-7-3-2-4-16-7/h6-7H,2-5H2,1H3,(H,12,15). The molecule has 0 saturated carbocycles. The van der Waals surface area contributed by atoms with Crippen molar-refractivity contribution in [3.8, 4) is 0 Å². The summed E-state index contributed by atoms with van der Waals surface area (Å²) in [5, 5.41) is 7.05. The lowest BCUT2D eigenvalue weighted by Gasteiger charge is -2.09. The minimum Gasteiger partial charge on any atom is -0.376 e. The Morgan fingerprint density at radius 2 is 2.62 bits per heavy atom. The first-order chi connectivity index (χ1) is 7.68. The SMILES string of the molecule is Cn1ncc(C(=O)NCC2CCCO2)c1Cl. The van der Waals surface area contributed by atoms with Gasteiger partial charge in [-0.3, -0.25) is 9.48 Å². The molecule has 2 heterocycles. The third kappa shape index (κ3) is 2.36. The fourth-order valence-electron chi connectivity index (χ4n) is 1.68. The number of nitrogens with zero attached hydrogens (tertiary/aromatic N) is 2. The van der Waals surface area contributed by atoms with Gasteiger partial charge in [-0.2, -0.15) is 5.10 Å². The van der Waals surface area contributed by atoms with Gasteiger partial charge in [0.05, 0.1) is 17.9 Å². The lowest BCUT2D eigenvalue weighted by Crippen LogP contribution is -2.31. The Balaban J connectivity index is 1.90. The van der Waals surface area contributed by atoms with Crippen molar-refractivity contribution in [1.29, 1.82) is 0 Å². The molecule has 0 aliphatic carbocycles. The van der Waals surface area contributed by atoms with Crippen LogP contribution in [0.3, 0.4) is 0 Å². The largest absolute Gasteiger partial charge is 0.376 e. The number of halogens is 1. The van der Waals surface area contributed by atoms with Gasteiger partial charge in [0.2, 0.25) is 0 Å². The van der Waals surface area contributed by atoms with Crippen LogP contribution >= 0.6 is 11.6 Å². The highest BCUT2D eigenvalue weighted by Gasteiger charge is 2.18. The number of amides is 1. The predicted octanol–water partition coefficient (Wildman–Crippen LogP) is 0.982. The number of nitrogens with one attached hydrogen (secondary N) is 1. The third-order valence-electron chi connectivity index (χ3n) is 2.63. The summed E-state index contributed by atoms with van der Waals surface area (Å²) in [5.41, 5.74) is 0.405. The number of carbonyl (C=O) groups excluding carboxylic acids is 1. The van der Waals surface area contributed by atoms with Crippen molar-refractivity contribution in [3.05, 3.63) is 16.9 Å². The highest BCUT2D eigenvalue weighted by atomic mass is 35.5. The second kappa shape index (κ2) is 4.84. The van der Waals surface area contributed by atoms with Gasteiger partial charge < -0.3 is 10.1 Å². The summed E-state index contributed by atoms with van der Waals surface area (Å²) in [6, 6.07) is 0. The van der Waals surface area contributed by atoms with E-state index in [-0.39, 0.29) is 12.0 Å². The summed E-state index contributed by atoms with van der Waals surface area (Å²) in [6.45, 7) is 1.32. The van der Waals surface area contributed by atoms with Crippen LogP contribution in [-0.2, 0) is 11.8 Å². The van der Waals surface area contributed by atoms with E-state index in [0.717, 1.165) is 19.4 Å². The molecule has 0 bridgehead atoms. The quantitative estimate of drug-likeness (QED) is 0.861. The van der Waals surface area contributed by atoms with E-state index in [9.17, 15) is 4.79 Å². The average Bonchev–Trinajstić information content (AvgIpc) is 2.88. The van der Waals surface area contributed by atoms with Crippen LogP contribution in [0.2, 0.25) is 5.15 Å². The maximum Gasteiger partial charge on any atom is 0.256 e. The highest BCUT2D eigenvalue weighted by molar-refractivity contribution is 6.32. The summed E-state index contributed by atoms with van der Waals surface area (Å²) in [5.74, 6) is -0.200. The summed E-state index contributed by atoms with van der Waals surface area (Å²) in [6.07, 6.45) is 3.67. The van der Waals surface area contributed by atoms with Gasteiger partial charge in [-0.05, 0) is 12.8 Å². The van der Waals surface area contributed by atoms with Gasteiger partial charge in [0.1, 0.15) is 5.15 Å². The van der Waals surface area contributed by atoms with Crippen LogP contribution < -0.4 is 5.32 Å². The molecule has 1 aromatic heterocycles. The van der Waals surface area contributed by atoms with Crippen molar-refractivity contribution in [3.63, 3.8) is 0 Å². The minimum atomic E-state index is -0.200. The number of rotatable bonds is 3. The highest BCUT2D eigenvalue weighted by Crippen LogP contribution is 2.14. The molecule has 0 aromatic carbocycles. The lowest BCUT2D eigenvalue weighted by molar-refractivity contribution is 0.0858. The summed E-state index contributed by atoms with van der Waals surface area (Å²) in [4.78, 5) is 11.7. The molecule has 0 spiro atoms. The molecular weight excluding hydrogens is 230 g/mol. The number of carbonyl (C=O) groups is 1. The molecule has 1 saturated heterocycles. The van der Waals surface area contributed by atoms with Crippen molar-refractivity contribution in [1.82, 2.24) is 15.1 Å². The molecule has 2 rings (SSSR count). The third-order valence-corrected chi connectivity index (χ3v) is 3.07. The summed E-state index contributed by atoms with van der Waals surface area (Å²) >= 11 is 5.91. The average molecular weight is 244 g/mol. The maximum atomic E-state index is 11.7. The predicted molar refractivity (Wildman–Crippen MR) is 59.5 cm³/mol. The van der Waals surface area contributed by atoms with Gasteiger partial charge in [-0.15, -0.1) is 0 Å². The van der Waals surface area contributed by atoms with Crippen molar-refractivity contribution in [2.24, 2.45) is 7.05 Å². The molecule has 1 amide bonds. The molecule has 1 aliphatic heterocycles. The van der Waals surface area contributed by atoms with E-state index >= 15 is 0 Å². The first-order valence-electron chi connectivity index (χ1n) is 5.26. The zero-order valence-electron chi connectivity index (χ0n) is 9.07. The first kappa shape index (κ1) is 11.4. The van der Waals surface area contributed by atoms with Crippen molar-refractivity contribution in [2.45, 2.75) is 18.9 Å². The molecule has 1 atom stereocenters. The van der Waals surface area contributed by atoms with Crippen molar-refractivity contribution < 1.29 is 9.53 Å². The Morgan fingerprint density at radius 1 is 1.81 bits per heavy atom. The Kier molecular flexibility index (Phi) is 3.46. The second-order valence-electron chi connectivity index (χ2n) is 3.82. The van der Waals surface area contributed by atoms with Gasteiger partial charge in [0.15, 0.2) is 0 Å². The molecule has 0 radical (unpaired) electrons. The van der Waals surface area contributed by atoms with Gasteiger partial charge in [-0.25, -0.2) is 0 Å². The smallest absolute Gasteiger partial charge is 0.256 e. The molecule has 1 fully saturated rings. The van der Waals surface area contributed by atoms with Crippen LogP contribution in [0.15, 0.2) is 6.20 Å². The fraction of sp³-hybridized carbons (Fsp3) is 0.600. The van der Waals surface area contributed by atoms with Crippen LogP contribution in [0.4, 0.5) is 0 Å². The number of aromatic nitrogens is 2. The summed E-state index contributed by atoms with van der Waals surface area (Å²) in [7, 11) is 1.69. The van der Waals surface area contributed by atoms with Gasteiger partial charge in [0, 0.05) is 20.2 Å². The lowest BCUT2D eigenvalue weighted by atomic mass is 10.2. The molecule has 88 valence electrons. The van der Waals surface area contributed by atoms with Crippen LogP contribution in [0.1, 0.15) is 23.2 Å². The van der Waals surface area contributed by atoms with Crippen LogP contribution in [0, 0.1) is 0 Å². The van der Waals surface area contributed by atoms with E-state index in [1.165, 1.54) is 10.9 Å². The number of hydrogen-bond acceptors (Lipinski definition) is 3. The molecule has 5 nitrogen and oxygen atoms in total. The molecule has 6 heteroatoms. The zero-order chi connectivity index (χ0) is 11.5. The van der Waals surface area contributed by atoms with E-state index in [1.807, 2.05) is 0 Å². The Labute approximate surface area is 98.7 Å². The first-order valence-corrected chi connectivity index (χ1v) is 5.63. The van der Waals surface area contributed by atoms with Crippen LogP contribution in [0.25, 0.3) is 0 Å². The van der Waals surface area contributed by atoms with E-state index in [0.29, 0.717) is 17.3 Å². The normalized spacial score (nSPS) is 20.0. The molecule has 1 unspecified atom stereocenters. The molecular formula is C10H14ClN3O2. The number of hydrogen-bond donors (Lipinski definition) is 1. The van der Waals surface area contributed by atoms with E-state index in [1.54, 1.807) is 7.05 Å². The molecule has 1 aliphatic rings. The Hall–Kier alpha value is -1.07. The molecule has 1 N–H and O–H groups in total. The van der Waals surface area contributed by atoms with E-state index in [4.69, 9.17) is 16.3 Å². The van der Waals surface area contributed by atoms with Gasteiger partial charge in [-0.1, -0.05) is 11.6 Å². The topological polar surface area (TPSA) is 56.2 Å². The van der Waals surface area contributed by atoms with Gasteiger partial charge >= 0.3 is 0 Å². The maximum absolute atomic E-state index is 11.7.